The van der Waals surface area contributed by atoms with Crippen molar-refractivity contribution in [1.82, 2.24) is 0 Å². The summed E-state index contributed by atoms with van der Waals surface area (Å²) in [6.07, 6.45) is 1.31. The van der Waals surface area contributed by atoms with Crippen molar-refractivity contribution in [3.05, 3.63) is 97.2 Å². The maximum atomic E-state index is 13.8. The second kappa shape index (κ2) is 10.7. The predicted octanol–water partition coefficient (Wildman–Crippen LogP) is 7.56. The zero-order valence-corrected chi connectivity index (χ0v) is 19.2. The van der Waals surface area contributed by atoms with Gasteiger partial charge in [-0.15, -0.1) is 0 Å². The molecule has 0 aliphatic carbocycles. The molecule has 0 saturated heterocycles. The molecule has 0 spiro atoms. The molecule has 0 aliphatic heterocycles. The highest BCUT2D eigenvalue weighted by molar-refractivity contribution is 6.44. The van der Waals surface area contributed by atoms with Crippen LogP contribution in [-0.4, -0.2) is 5.91 Å². The number of hydrogen-bond donors (Lipinski definition) is 1. The molecule has 0 radical (unpaired) electrons. The van der Waals surface area contributed by atoms with E-state index >= 15 is 0 Å². The fraction of sp³-hybridized carbons (Fsp3) is 0.0435. The lowest BCUT2D eigenvalue weighted by molar-refractivity contribution is -0.112. The fourth-order valence-corrected chi connectivity index (χ4v) is 3.63. The Kier molecular flexibility index (Phi) is 8.00. The van der Waals surface area contributed by atoms with Crippen LogP contribution in [0, 0.1) is 17.1 Å². The number of nitrogens with one attached hydrogen (secondary N) is 1. The number of rotatable bonds is 6. The van der Waals surface area contributed by atoms with Crippen molar-refractivity contribution < 1.29 is 13.9 Å². The molecule has 3 aromatic rings. The molecular weight excluding hydrogens is 497 g/mol. The summed E-state index contributed by atoms with van der Waals surface area (Å²) in [7, 11) is 0. The second-order valence-electron chi connectivity index (χ2n) is 6.42. The van der Waals surface area contributed by atoms with Crippen LogP contribution in [0.2, 0.25) is 20.1 Å². The van der Waals surface area contributed by atoms with Crippen molar-refractivity contribution in [3.63, 3.8) is 0 Å². The lowest BCUT2D eigenvalue weighted by Crippen LogP contribution is -2.13. The minimum Gasteiger partial charge on any atom is -0.486 e. The minimum absolute atomic E-state index is 0.0758. The fourth-order valence-electron chi connectivity index (χ4n) is 2.67. The molecule has 0 fully saturated rings. The number of carbonyl (C=O) groups is 1. The number of amides is 1. The molecular formula is C23H13Cl4FN2O2. The zero-order valence-electron chi connectivity index (χ0n) is 16.1. The molecule has 3 rings (SSSR count). The maximum absolute atomic E-state index is 13.8. The van der Waals surface area contributed by atoms with E-state index in [4.69, 9.17) is 51.1 Å². The number of anilines is 1. The van der Waals surface area contributed by atoms with Crippen molar-refractivity contribution in [3.8, 4) is 11.8 Å². The molecule has 0 aromatic heterocycles. The van der Waals surface area contributed by atoms with Gasteiger partial charge in [0.15, 0.2) is 5.75 Å². The van der Waals surface area contributed by atoms with Gasteiger partial charge in [-0.3, -0.25) is 4.79 Å². The van der Waals surface area contributed by atoms with Crippen molar-refractivity contribution in [2.75, 3.05) is 5.32 Å². The Balaban J connectivity index is 1.80. The zero-order chi connectivity index (χ0) is 23.3. The Morgan fingerprint density at radius 1 is 1.03 bits per heavy atom. The van der Waals surface area contributed by atoms with Gasteiger partial charge >= 0.3 is 0 Å². The van der Waals surface area contributed by atoms with Crippen LogP contribution in [0.25, 0.3) is 6.08 Å². The van der Waals surface area contributed by atoms with Gasteiger partial charge < -0.3 is 10.1 Å². The van der Waals surface area contributed by atoms with Crippen LogP contribution in [0.4, 0.5) is 10.1 Å². The van der Waals surface area contributed by atoms with E-state index in [-0.39, 0.29) is 43.7 Å². The van der Waals surface area contributed by atoms with Gasteiger partial charge in [-0.25, -0.2) is 4.39 Å². The van der Waals surface area contributed by atoms with Crippen LogP contribution >= 0.6 is 46.4 Å². The van der Waals surface area contributed by atoms with E-state index < -0.39 is 11.7 Å². The number of halogens is 5. The first-order chi connectivity index (χ1) is 15.3. The van der Waals surface area contributed by atoms with Crippen molar-refractivity contribution in [1.29, 1.82) is 5.26 Å². The van der Waals surface area contributed by atoms with Gasteiger partial charge in [-0.05, 0) is 42.0 Å². The number of carbonyl (C=O) groups excluding carboxylic acids is 1. The molecule has 4 nitrogen and oxygen atoms in total. The van der Waals surface area contributed by atoms with E-state index in [0.29, 0.717) is 11.1 Å². The van der Waals surface area contributed by atoms with Crippen LogP contribution < -0.4 is 10.1 Å². The van der Waals surface area contributed by atoms with E-state index in [1.807, 2.05) is 6.07 Å². The Morgan fingerprint density at radius 2 is 1.72 bits per heavy atom. The number of nitrogens with zero attached hydrogens (tertiary/aromatic N) is 1. The van der Waals surface area contributed by atoms with Crippen LogP contribution in [0.5, 0.6) is 5.75 Å². The first kappa shape index (κ1) is 23.9. The Bertz CT molecular complexity index is 1230. The molecule has 162 valence electrons. The second-order valence-corrected chi connectivity index (χ2v) is 8.02. The molecule has 1 N–H and O–H groups in total. The van der Waals surface area contributed by atoms with Crippen molar-refractivity contribution >= 4 is 64.1 Å². The average Bonchev–Trinajstić information content (AvgIpc) is 2.75. The Labute approximate surface area is 203 Å². The summed E-state index contributed by atoms with van der Waals surface area (Å²) >= 11 is 24.5. The molecule has 0 atom stereocenters. The third kappa shape index (κ3) is 5.73. The van der Waals surface area contributed by atoms with Crippen LogP contribution in [0.3, 0.4) is 0 Å². The summed E-state index contributed by atoms with van der Waals surface area (Å²) in [5.41, 5.74) is 0.778. The molecule has 0 aliphatic rings. The van der Waals surface area contributed by atoms with Crippen molar-refractivity contribution in [2.24, 2.45) is 0 Å². The monoisotopic (exact) mass is 508 g/mol. The van der Waals surface area contributed by atoms with Gasteiger partial charge in [0.2, 0.25) is 0 Å². The first-order valence-electron chi connectivity index (χ1n) is 9.02. The molecule has 0 unspecified atom stereocenters. The highest BCUT2D eigenvalue weighted by atomic mass is 35.5. The molecule has 32 heavy (non-hydrogen) atoms. The lowest BCUT2D eigenvalue weighted by Gasteiger charge is -2.12. The molecule has 1 amide bonds. The highest BCUT2D eigenvalue weighted by Crippen LogP contribution is 2.36. The van der Waals surface area contributed by atoms with Gasteiger partial charge in [-0.1, -0.05) is 70.7 Å². The van der Waals surface area contributed by atoms with E-state index in [2.05, 4.69) is 5.32 Å². The highest BCUT2D eigenvalue weighted by Gasteiger charge is 2.15. The van der Waals surface area contributed by atoms with Gasteiger partial charge in [0, 0.05) is 5.56 Å². The van der Waals surface area contributed by atoms with Gasteiger partial charge in [0.25, 0.3) is 5.91 Å². The maximum Gasteiger partial charge on any atom is 0.266 e. The van der Waals surface area contributed by atoms with Crippen LogP contribution in [0.15, 0.2) is 60.2 Å². The summed E-state index contributed by atoms with van der Waals surface area (Å²) in [5, 5.41) is 12.6. The third-order valence-electron chi connectivity index (χ3n) is 4.23. The standard InChI is InChI=1S/C23H13Cl4FN2O2/c24-16-5-3-7-20(21(16)27)30-23(31)15(11-29)8-13-9-17(25)22(18(26)10-13)32-12-14-4-1-2-6-19(14)28/h1-10H,12H2,(H,30,31)/b15-8-. The summed E-state index contributed by atoms with van der Waals surface area (Å²) in [6.45, 7) is -0.0758. The van der Waals surface area contributed by atoms with E-state index in [1.165, 1.54) is 24.3 Å². The van der Waals surface area contributed by atoms with Crippen LogP contribution in [0.1, 0.15) is 11.1 Å². The lowest BCUT2D eigenvalue weighted by atomic mass is 10.1. The first-order valence-corrected chi connectivity index (χ1v) is 10.5. The normalized spacial score (nSPS) is 11.1. The number of benzene rings is 3. The van der Waals surface area contributed by atoms with Gasteiger partial charge in [0.1, 0.15) is 24.1 Å². The Hall–Kier alpha value is -2.75. The Morgan fingerprint density at radius 3 is 2.38 bits per heavy atom. The van der Waals surface area contributed by atoms with E-state index in [0.717, 1.165) is 0 Å². The largest absolute Gasteiger partial charge is 0.486 e. The SMILES string of the molecule is N#C/C(=C/c1cc(Cl)c(OCc2ccccc2F)c(Cl)c1)C(=O)Nc1cccc(Cl)c1Cl. The van der Waals surface area contributed by atoms with Crippen LogP contribution in [-0.2, 0) is 11.4 Å². The number of nitriles is 1. The summed E-state index contributed by atoms with van der Waals surface area (Å²) in [5.74, 6) is -0.949. The topological polar surface area (TPSA) is 62.1 Å². The van der Waals surface area contributed by atoms with E-state index in [1.54, 1.807) is 36.4 Å². The summed E-state index contributed by atoms with van der Waals surface area (Å²) in [4.78, 5) is 12.5. The summed E-state index contributed by atoms with van der Waals surface area (Å²) < 4.78 is 19.4. The molecule has 0 bridgehead atoms. The molecule has 9 heteroatoms. The minimum atomic E-state index is -0.691. The quantitative estimate of drug-likeness (QED) is 0.275. The van der Waals surface area contributed by atoms with Crippen molar-refractivity contribution in [2.45, 2.75) is 6.61 Å². The average molecular weight is 510 g/mol. The number of hydrogen-bond acceptors (Lipinski definition) is 3. The van der Waals surface area contributed by atoms with E-state index in [9.17, 15) is 14.4 Å². The smallest absolute Gasteiger partial charge is 0.266 e. The predicted molar refractivity (Wildman–Crippen MR) is 126 cm³/mol. The third-order valence-corrected chi connectivity index (χ3v) is 5.61. The number of ether oxygens (including phenoxy) is 1. The molecule has 0 heterocycles. The molecule has 0 saturated carbocycles. The molecule has 3 aromatic carbocycles. The van der Waals surface area contributed by atoms with Gasteiger partial charge in [-0.2, -0.15) is 5.26 Å². The summed E-state index contributed by atoms with van der Waals surface area (Å²) in [6, 6.07) is 15.7. The van der Waals surface area contributed by atoms with Gasteiger partial charge in [0.05, 0.1) is 25.8 Å².